The quantitative estimate of drug-likeness (QED) is 0.734. The molecule has 1 atom stereocenters. The van der Waals surface area contributed by atoms with Gasteiger partial charge in [-0.05, 0) is 50.6 Å². The van der Waals surface area contributed by atoms with Crippen LogP contribution in [0.3, 0.4) is 0 Å². The van der Waals surface area contributed by atoms with Crippen molar-refractivity contribution in [2.24, 2.45) is 11.3 Å². The van der Waals surface area contributed by atoms with Crippen LogP contribution in [0.1, 0.15) is 44.9 Å². The van der Waals surface area contributed by atoms with Gasteiger partial charge in [0.05, 0.1) is 6.54 Å². The van der Waals surface area contributed by atoms with Crippen LogP contribution in [0.2, 0.25) is 0 Å². The second-order valence-electron chi connectivity index (χ2n) is 8.77. The highest BCUT2D eigenvalue weighted by Gasteiger charge is 2.58. The highest BCUT2D eigenvalue weighted by Crippen LogP contribution is 2.59. The molecule has 0 aromatic heterocycles. The average molecular weight is 435 g/mol. The van der Waals surface area contributed by atoms with Crippen molar-refractivity contribution >= 4 is 36.6 Å². The standard InChI is InChI=1S/C20H34N4O2.2ClH/c25-18(23-9-3-1-2-4-10-23)16-22-11-13-24(14-12-22)19(26)17-15-20(17)5-7-21-8-6-20;;/h17,21H,1-16H2;2*1H. The van der Waals surface area contributed by atoms with E-state index in [9.17, 15) is 9.59 Å². The van der Waals surface area contributed by atoms with Gasteiger partial charge in [0.1, 0.15) is 0 Å². The van der Waals surface area contributed by atoms with E-state index in [1.54, 1.807) is 0 Å². The molecule has 1 spiro atoms. The third-order valence-corrected chi connectivity index (χ3v) is 7.09. The Morgan fingerprint density at radius 1 is 0.821 bits per heavy atom. The van der Waals surface area contributed by atoms with Gasteiger partial charge in [-0.1, -0.05) is 12.8 Å². The number of carbonyl (C=O) groups excluding carboxylic acids is 2. The van der Waals surface area contributed by atoms with Gasteiger partial charge >= 0.3 is 0 Å². The molecular formula is C20H36Cl2N4O2. The minimum absolute atomic E-state index is 0. The van der Waals surface area contributed by atoms with E-state index in [0.29, 0.717) is 17.9 Å². The second kappa shape index (κ2) is 10.5. The predicted octanol–water partition coefficient (Wildman–Crippen LogP) is 1.77. The summed E-state index contributed by atoms with van der Waals surface area (Å²) in [4.78, 5) is 31.8. The maximum absolute atomic E-state index is 12.9. The number of hydrogen-bond acceptors (Lipinski definition) is 4. The lowest BCUT2D eigenvalue weighted by Crippen LogP contribution is -2.52. The highest BCUT2D eigenvalue weighted by molar-refractivity contribution is 5.85. The van der Waals surface area contributed by atoms with E-state index >= 15 is 0 Å². The minimum Gasteiger partial charge on any atom is -0.342 e. The predicted molar refractivity (Wildman–Crippen MR) is 115 cm³/mol. The smallest absolute Gasteiger partial charge is 0.236 e. The first-order valence-electron chi connectivity index (χ1n) is 10.7. The van der Waals surface area contributed by atoms with Crippen LogP contribution in [-0.4, -0.2) is 85.4 Å². The largest absolute Gasteiger partial charge is 0.342 e. The third-order valence-electron chi connectivity index (χ3n) is 7.09. The average Bonchev–Trinajstić information content (AvgIpc) is 3.42. The number of rotatable bonds is 3. The van der Waals surface area contributed by atoms with E-state index in [4.69, 9.17) is 0 Å². The van der Waals surface area contributed by atoms with Crippen molar-refractivity contribution in [1.29, 1.82) is 0 Å². The summed E-state index contributed by atoms with van der Waals surface area (Å²) in [5.74, 6) is 0.933. The fourth-order valence-corrected chi connectivity index (χ4v) is 5.13. The number of likely N-dealkylation sites (tertiary alicyclic amines) is 1. The summed E-state index contributed by atoms with van der Waals surface area (Å²) in [5.41, 5.74) is 0.322. The molecule has 3 saturated heterocycles. The summed E-state index contributed by atoms with van der Waals surface area (Å²) < 4.78 is 0. The molecule has 28 heavy (non-hydrogen) atoms. The summed E-state index contributed by atoms with van der Waals surface area (Å²) in [5, 5.41) is 3.41. The summed E-state index contributed by atoms with van der Waals surface area (Å²) in [6.07, 6.45) is 8.22. The van der Waals surface area contributed by atoms with Crippen molar-refractivity contribution in [2.75, 3.05) is 58.9 Å². The Balaban J connectivity index is 0.00000140. The van der Waals surface area contributed by atoms with Gasteiger partial charge in [-0.3, -0.25) is 14.5 Å². The molecule has 0 aromatic carbocycles. The van der Waals surface area contributed by atoms with Crippen LogP contribution in [0.15, 0.2) is 0 Å². The maximum Gasteiger partial charge on any atom is 0.236 e. The van der Waals surface area contributed by atoms with Crippen LogP contribution in [0, 0.1) is 11.3 Å². The highest BCUT2D eigenvalue weighted by atomic mass is 35.5. The number of nitrogens with one attached hydrogen (secondary N) is 1. The summed E-state index contributed by atoms with van der Waals surface area (Å²) in [7, 11) is 0. The van der Waals surface area contributed by atoms with Crippen LogP contribution in [0.5, 0.6) is 0 Å². The molecule has 4 fully saturated rings. The molecule has 2 amide bonds. The van der Waals surface area contributed by atoms with Gasteiger partial charge in [-0.15, -0.1) is 24.8 Å². The molecular weight excluding hydrogens is 399 g/mol. The number of nitrogens with zero attached hydrogens (tertiary/aromatic N) is 3. The van der Waals surface area contributed by atoms with E-state index in [1.807, 2.05) is 0 Å². The summed E-state index contributed by atoms with van der Waals surface area (Å²) in [6, 6.07) is 0. The topological polar surface area (TPSA) is 55.9 Å². The zero-order valence-corrected chi connectivity index (χ0v) is 18.5. The fourth-order valence-electron chi connectivity index (χ4n) is 5.13. The van der Waals surface area contributed by atoms with Crippen molar-refractivity contribution in [3.63, 3.8) is 0 Å². The van der Waals surface area contributed by atoms with E-state index < -0.39 is 0 Å². The zero-order chi connectivity index (χ0) is 18.0. The molecule has 0 bridgehead atoms. The normalized spacial score (nSPS) is 27.4. The van der Waals surface area contributed by atoms with Crippen LogP contribution < -0.4 is 5.32 Å². The molecule has 3 heterocycles. The Morgan fingerprint density at radius 2 is 1.43 bits per heavy atom. The number of piperazine rings is 1. The molecule has 0 radical (unpaired) electrons. The second-order valence-corrected chi connectivity index (χ2v) is 8.77. The third kappa shape index (κ3) is 5.32. The number of halogens is 2. The van der Waals surface area contributed by atoms with Crippen molar-refractivity contribution in [1.82, 2.24) is 20.0 Å². The number of carbonyl (C=O) groups is 2. The van der Waals surface area contributed by atoms with E-state index in [1.165, 1.54) is 12.8 Å². The first-order valence-corrected chi connectivity index (χ1v) is 10.7. The zero-order valence-electron chi connectivity index (χ0n) is 16.9. The Bertz CT molecular complexity index is 526. The van der Waals surface area contributed by atoms with E-state index in [0.717, 1.165) is 84.5 Å². The van der Waals surface area contributed by atoms with Crippen LogP contribution in [-0.2, 0) is 9.59 Å². The minimum atomic E-state index is 0. The lowest BCUT2D eigenvalue weighted by atomic mass is 9.91. The van der Waals surface area contributed by atoms with Gasteiger partial charge in [-0.2, -0.15) is 0 Å². The summed E-state index contributed by atoms with van der Waals surface area (Å²) >= 11 is 0. The van der Waals surface area contributed by atoms with Crippen molar-refractivity contribution in [2.45, 2.75) is 44.9 Å². The van der Waals surface area contributed by atoms with Crippen molar-refractivity contribution < 1.29 is 9.59 Å². The summed E-state index contributed by atoms with van der Waals surface area (Å²) in [6.45, 7) is 7.77. The first-order chi connectivity index (χ1) is 12.7. The maximum atomic E-state index is 12.9. The Hall–Kier alpha value is -0.560. The molecule has 4 aliphatic rings. The molecule has 6 nitrogen and oxygen atoms in total. The molecule has 162 valence electrons. The van der Waals surface area contributed by atoms with Gasteiger partial charge in [0.2, 0.25) is 11.8 Å². The van der Waals surface area contributed by atoms with Crippen LogP contribution >= 0.6 is 24.8 Å². The molecule has 4 rings (SSSR count). The SMILES string of the molecule is Cl.Cl.O=C(CN1CCN(C(=O)C2CC23CCNCC3)CC1)N1CCCCCC1. The monoisotopic (exact) mass is 434 g/mol. The van der Waals surface area contributed by atoms with Gasteiger partial charge in [0.25, 0.3) is 0 Å². The van der Waals surface area contributed by atoms with Gasteiger partial charge in [0.15, 0.2) is 0 Å². The Labute approximate surface area is 181 Å². The van der Waals surface area contributed by atoms with Crippen molar-refractivity contribution in [3.05, 3.63) is 0 Å². The molecule has 1 aliphatic carbocycles. The molecule has 3 aliphatic heterocycles. The molecule has 1 N–H and O–H groups in total. The van der Waals surface area contributed by atoms with Gasteiger partial charge in [-0.25, -0.2) is 0 Å². The van der Waals surface area contributed by atoms with E-state index in [-0.39, 0.29) is 36.6 Å². The Morgan fingerprint density at radius 3 is 2.04 bits per heavy atom. The number of hydrogen-bond donors (Lipinski definition) is 1. The number of amides is 2. The van der Waals surface area contributed by atoms with Crippen LogP contribution in [0.25, 0.3) is 0 Å². The molecule has 8 heteroatoms. The lowest BCUT2D eigenvalue weighted by molar-refractivity contribution is -0.136. The molecule has 0 aromatic rings. The number of piperidine rings is 1. The Kier molecular flexibility index (Phi) is 8.86. The first kappa shape index (κ1) is 23.7. The van der Waals surface area contributed by atoms with Crippen molar-refractivity contribution in [3.8, 4) is 0 Å². The lowest BCUT2D eigenvalue weighted by Gasteiger charge is -2.36. The van der Waals surface area contributed by atoms with Gasteiger partial charge < -0.3 is 15.1 Å². The van der Waals surface area contributed by atoms with Crippen LogP contribution in [0.4, 0.5) is 0 Å². The van der Waals surface area contributed by atoms with Gasteiger partial charge in [0, 0.05) is 45.2 Å². The molecule has 1 saturated carbocycles. The molecule has 1 unspecified atom stereocenters. The van der Waals surface area contributed by atoms with E-state index in [2.05, 4.69) is 20.0 Å². The fraction of sp³-hybridized carbons (Fsp3) is 0.900.